The molecule has 106 valence electrons. The first-order valence-corrected chi connectivity index (χ1v) is 6.99. The van der Waals surface area contributed by atoms with Gasteiger partial charge in [-0.15, -0.1) is 0 Å². The Hall–Kier alpha value is -1.29. The van der Waals surface area contributed by atoms with Crippen LogP contribution >= 0.6 is 23.2 Å². The van der Waals surface area contributed by atoms with E-state index in [1.807, 2.05) is 19.9 Å². The van der Waals surface area contributed by atoms with Crippen LogP contribution in [0.1, 0.15) is 31.0 Å². The van der Waals surface area contributed by atoms with Gasteiger partial charge in [-0.3, -0.25) is 0 Å². The Kier molecular flexibility index (Phi) is 4.86. The minimum absolute atomic E-state index is 0.0606. The number of halogens is 2. The number of hydrogen-bond acceptors (Lipinski definition) is 3. The Morgan fingerprint density at radius 1 is 1.10 bits per heavy atom. The molecule has 1 aromatic carbocycles. The maximum Gasteiger partial charge on any atom is 0.219 e. The lowest BCUT2D eigenvalue weighted by atomic mass is 10.1. The average Bonchev–Trinajstić information content (AvgIpc) is 2.36. The second-order valence-corrected chi connectivity index (χ2v) is 5.63. The van der Waals surface area contributed by atoms with Crippen molar-refractivity contribution in [2.24, 2.45) is 0 Å². The van der Waals surface area contributed by atoms with Crippen molar-refractivity contribution < 1.29 is 9.84 Å². The molecule has 0 spiro atoms. The fraction of sp³-hybridized carbons (Fsp3) is 0.267. The molecule has 5 heteroatoms. The standard InChI is InChI=1S/C15H15Cl2NO2/c1-9(2)14-3-10(8-19)4-15(18-14)20-13-6-11(16)5-12(17)7-13/h3-7,9,19H,8H2,1-2H3. The SMILES string of the molecule is CC(C)c1cc(CO)cc(Oc2cc(Cl)cc(Cl)c2)n1. The number of ether oxygens (including phenoxy) is 1. The first kappa shape index (κ1) is 15.1. The maximum absolute atomic E-state index is 9.30. The molecule has 0 aliphatic rings. The minimum atomic E-state index is -0.0606. The van der Waals surface area contributed by atoms with E-state index >= 15 is 0 Å². The van der Waals surface area contributed by atoms with Gasteiger partial charge in [0.1, 0.15) is 5.75 Å². The van der Waals surface area contributed by atoms with Crippen molar-refractivity contribution in [2.45, 2.75) is 26.4 Å². The number of hydrogen-bond donors (Lipinski definition) is 1. The van der Waals surface area contributed by atoms with Crippen LogP contribution in [0.15, 0.2) is 30.3 Å². The highest BCUT2D eigenvalue weighted by Gasteiger charge is 2.08. The topological polar surface area (TPSA) is 42.4 Å². The van der Waals surface area contributed by atoms with Crippen LogP contribution in [0, 0.1) is 0 Å². The number of pyridine rings is 1. The van der Waals surface area contributed by atoms with E-state index in [1.54, 1.807) is 24.3 Å². The molecule has 0 unspecified atom stereocenters. The van der Waals surface area contributed by atoms with Crippen molar-refractivity contribution in [3.8, 4) is 11.6 Å². The molecule has 0 atom stereocenters. The molecule has 2 aromatic rings. The van der Waals surface area contributed by atoms with Crippen LogP contribution < -0.4 is 4.74 Å². The molecule has 0 fully saturated rings. The molecule has 0 saturated heterocycles. The van der Waals surface area contributed by atoms with Gasteiger partial charge < -0.3 is 9.84 Å². The van der Waals surface area contributed by atoms with E-state index in [9.17, 15) is 5.11 Å². The van der Waals surface area contributed by atoms with Gasteiger partial charge in [-0.05, 0) is 35.7 Å². The summed E-state index contributed by atoms with van der Waals surface area (Å²) in [6.07, 6.45) is 0. The summed E-state index contributed by atoms with van der Waals surface area (Å²) in [6.45, 7) is 4.00. The fourth-order valence-electron chi connectivity index (χ4n) is 1.73. The number of aliphatic hydroxyl groups is 1. The summed E-state index contributed by atoms with van der Waals surface area (Å²) in [5.41, 5.74) is 1.62. The number of rotatable bonds is 4. The molecular weight excluding hydrogens is 297 g/mol. The summed E-state index contributed by atoms with van der Waals surface area (Å²) in [7, 11) is 0. The molecule has 3 nitrogen and oxygen atoms in total. The zero-order chi connectivity index (χ0) is 14.7. The Balaban J connectivity index is 2.34. The van der Waals surface area contributed by atoms with E-state index in [0.29, 0.717) is 21.7 Å². The molecule has 2 rings (SSSR count). The second-order valence-electron chi connectivity index (χ2n) is 4.76. The zero-order valence-electron chi connectivity index (χ0n) is 11.2. The van der Waals surface area contributed by atoms with Crippen LogP contribution in [0.4, 0.5) is 0 Å². The smallest absolute Gasteiger partial charge is 0.219 e. The fourth-order valence-corrected chi connectivity index (χ4v) is 2.24. The van der Waals surface area contributed by atoms with Crippen molar-refractivity contribution in [2.75, 3.05) is 0 Å². The summed E-state index contributed by atoms with van der Waals surface area (Å²) in [4.78, 5) is 4.42. The van der Waals surface area contributed by atoms with Gasteiger partial charge in [0.2, 0.25) is 5.88 Å². The third-order valence-electron chi connectivity index (χ3n) is 2.71. The highest BCUT2D eigenvalue weighted by atomic mass is 35.5. The van der Waals surface area contributed by atoms with E-state index < -0.39 is 0 Å². The predicted octanol–water partition coefficient (Wildman–Crippen LogP) is 4.80. The largest absolute Gasteiger partial charge is 0.439 e. The molecule has 0 bridgehead atoms. The van der Waals surface area contributed by atoms with Crippen LogP contribution in [0.5, 0.6) is 11.6 Å². The van der Waals surface area contributed by atoms with Gasteiger partial charge in [0, 0.05) is 21.8 Å². The maximum atomic E-state index is 9.30. The van der Waals surface area contributed by atoms with Gasteiger partial charge >= 0.3 is 0 Å². The highest BCUT2D eigenvalue weighted by Crippen LogP contribution is 2.29. The lowest BCUT2D eigenvalue weighted by Gasteiger charge is -2.11. The summed E-state index contributed by atoms with van der Waals surface area (Å²) in [6, 6.07) is 8.52. The van der Waals surface area contributed by atoms with Crippen LogP contribution in [0.3, 0.4) is 0 Å². The van der Waals surface area contributed by atoms with Crippen molar-refractivity contribution in [3.05, 3.63) is 51.6 Å². The summed E-state index contributed by atoms with van der Waals surface area (Å²) in [5, 5.41) is 10.3. The molecule has 0 radical (unpaired) electrons. The number of aliphatic hydroxyl groups excluding tert-OH is 1. The average molecular weight is 312 g/mol. The summed E-state index contributed by atoms with van der Waals surface area (Å²) >= 11 is 11.9. The molecule has 20 heavy (non-hydrogen) atoms. The highest BCUT2D eigenvalue weighted by molar-refractivity contribution is 6.34. The normalized spacial score (nSPS) is 10.9. The Labute approximate surface area is 128 Å². The van der Waals surface area contributed by atoms with Gasteiger partial charge in [0.05, 0.1) is 6.61 Å². The summed E-state index contributed by atoms with van der Waals surface area (Å²) < 4.78 is 5.68. The molecule has 1 heterocycles. The van der Waals surface area contributed by atoms with Crippen molar-refractivity contribution in [3.63, 3.8) is 0 Å². The van der Waals surface area contributed by atoms with E-state index in [2.05, 4.69) is 4.98 Å². The van der Waals surface area contributed by atoms with E-state index in [1.165, 1.54) is 0 Å². The second kappa shape index (κ2) is 6.44. The first-order chi connectivity index (χ1) is 9.47. The van der Waals surface area contributed by atoms with Crippen molar-refractivity contribution >= 4 is 23.2 Å². The molecule has 0 aliphatic carbocycles. The number of aromatic nitrogens is 1. The van der Waals surface area contributed by atoms with Crippen LogP contribution in [-0.4, -0.2) is 10.1 Å². The third-order valence-corrected chi connectivity index (χ3v) is 3.15. The van der Waals surface area contributed by atoms with Crippen LogP contribution in [0.2, 0.25) is 10.0 Å². The molecule has 1 N–H and O–H groups in total. The monoisotopic (exact) mass is 311 g/mol. The van der Waals surface area contributed by atoms with Gasteiger partial charge in [-0.2, -0.15) is 0 Å². The lowest BCUT2D eigenvalue weighted by molar-refractivity contribution is 0.280. The van der Waals surface area contributed by atoms with Crippen LogP contribution in [-0.2, 0) is 6.61 Å². The predicted molar refractivity (Wildman–Crippen MR) is 80.8 cm³/mol. The number of benzene rings is 1. The van der Waals surface area contributed by atoms with Gasteiger partial charge in [-0.1, -0.05) is 37.0 Å². The number of nitrogens with zero attached hydrogens (tertiary/aromatic N) is 1. The zero-order valence-corrected chi connectivity index (χ0v) is 12.7. The molecule has 0 amide bonds. The lowest BCUT2D eigenvalue weighted by Crippen LogP contribution is -1.98. The molecule has 0 aliphatic heterocycles. The van der Waals surface area contributed by atoms with E-state index in [-0.39, 0.29) is 12.5 Å². The van der Waals surface area contributed by atoms with Crippen molar-refractivity contribution in [1.82, 2.24) is 4.98 Å². The molecule has 0 saturated carbocycles. The minimum Gasteiger partial charge on any atom is -0.439 e. The Morgan fingerprint density at radius 3 is 2.30 bits per heavy atom. The van der Waals surface area contributed by atoms with Crippen molar-refractivity contribution in [1.29, 1.82) is 0 Å². The third kappa shape index (κ3) is 3.85. The van der Waals surface area contributed by atoms with E-state index in [0.717, 1.165) is 11.3 Å². The van der Waals surface area contributed by atoms with E-state index in [4.69, 9.17) is 27.9 Å². The molecular formula is C15H15Cl2NO2. The van der Waals surface area contributed by atoms with Crippen LogP contribution in [0.25, 0.3) is 0 Å². The molecule has 1 aromatic heterocycles. The Bertz CT molecular complexity index is 595. The summed E-state index contributed by atoms with van der Waals surface area (Å²) in [5.74, 6) is 1.17. The van der Waals surface area contributed by atoms with Gasteiger partial charge in [0.25, 0.3) is 0 Å². The quantitative estimate of drug-likeness (QED) is 0.882. The van der Waals surface area contributed by atoms with Gasteiger partial charge in [0.15, 0.2) is 0 Å². The first-order valence-electron chi connectivity index (χ1n) is 6.23. The Morgan fingerprint density at radius 2 is 1.75 bits per heavy atom. The van der Waals surface area contributed by atoms with Gasteiger partial charge in [-0.25, -0.2) is 4.98 Å².